The molecule has 1 fully saturated rings. The molecule has 1 saturated heterocycles. The summed E-state index contributed by atoms with van der Waals surface area (Å²) in [5.74, 6) is 2.10. The standard InChI is InChI=1S/C18H30N6O/c1-5-7-16-20-17(25-21-16)13-22(2)12-14-8-6-11-23(3)18(14)15-9-10-19-24(15)4/h9-10,14,18H,5-8,11-13H2,1-4H3/t14-,18+/m0/s1. The maximum atomic E-state index is 5.39. The molecule has 7 heteroatoms. The van der Waals surface area contributed by atoms with Gasteiger partial charge in [-0.2, -0.15) is 10.1 Å². The van der Waals surface area contributed by atoms with Crippen LogP contribution >= 0.6 is 0 Å². The van der Waals surface area contributed by atoms with E-state index in [1.165, 1.54) is 18.5 Å². The Morgan fingerprint density at radius 3 is 2.92 bits per heavy atom. The predicted molar refractivity (Wildman–Crippen MR) is 95.9 cm³/mol. The van der Waals surface area contributed by atoms with Crippen molar-refractivity contribution < 1.29 is 4.52 Å². The van der Waals surface area contributed by atoms with Gasteiger partial charge < -0.3 is 4.52 Å². The summed E-state index contributed by atoms with van der Waals surface area (Å²) in [6.45, 7) is 4.97. The second kappa shape index (κ2) is 8.10. The van der Waals surface area contributed by atoms with Crippen molar-refractivity contribution in [2.45, 2.75) is 45.2 Å². The molecule has 25 heavy (non-hydrogen) atoms. The normalized spacial score (nSPS) is 22.0. The summed E-state index contributed by atoms with van der Waals surface area (Å²) >= 11 is 0. The van der Waals surface area contributed by atoms with Crippen molar-refractivity contribution in [1.82, 2.24) is 29.7 Å². The van der Waals surface area contributed by atoms with Gasteiger partial charge in [0, 0.05) is 26.2 Å². The monoisotopic (exact) mass is 346 g/mol. The summed E-state index contributed by atoms with van der Waals surface area (Å²) in [5.41, 5.74) is 1.30. The number of hydrogen-bond donors (Lipinski definition) is 0. The molecule has 0 aromatic carbocycles. The van der Waals surface area contributed by atoms with Crippen LogP contribution < -0.4 is 0 Å². The average molecular weight is 346 g/mol. The first-order valence-electron chi connectivity index (χ1n) is 9.26. The Morgan fingerprint density at radius 1 is 1.36 bits per heavy atom. The predicted octanol–water partition coefficient (Wildman–Crippen LogP) is 2.27. The highest BCUT2D eigenvalue weighted by Gasteiger charge is 2.33. The summed E-state index contributed by atoms with van der Waals surface area (Å²) in [7, 11) is 6.39. The molecular formula is C18H30N6O. The third kappa shape index (κ3) is 4.27. The number of nitrogens with zero attached hydrogens (tertiary/aromatic N) is 6. The number of rotatable bonds is 7. The van der Waals surface area contributed by atoms with Crippen LogP contribution in [0.4, 0.5) is 0 Å². The van der Waals surface area contributed by atoms with Crippen LogP contribution in [0.1, 0.15) is 49.6 Å². The van der Waals surface area contributed by atoms with Crippen molar-refractivity contribution in [3.05, 3.63) is 29.7 Å². The second-order valence-corrected chi connectivity index (χ2v) is 7.26. The number of hydrogen-bond acceptors (Lipinski definition) is 6. The van der Waals surface area contributed by atoms with Crippen molar-refractivity contribution in [1.29, 1.82) is 0 Å². The third-order valence-corrected chi connectivity index (χ3v) is 5.10. The summed E-state index contributed by atoms with van der Waals surface area (Å²) in [6, 6.07) is 2.55. The van der Waals surface area contributed by atoms with E-state index in [0.29, 0.717) is 24.4 Å². The van der Waals surface area contributed by atoms with E-state index < -0.39 is 0 Å². The van der Waals surface area contributed by atoms with Crippen molar-refractivity contribution in [3.8, 4) is 0 Å². The molecule has 1 aliphatic rings. The van der Waals surface area contributed by atoms with Gasteiger partial charge in [0.1, 0.15) is 0 Å². The largest absolute Gasteiger partial charge is 0.338 e. The van der Waals surface area contributed by atoms with Crippen molar-refractivity contribution in [3.63, 3.8) is 0 Å². The van der Waals surface area contributed by atoms with Crippen LogP contribution in [0, 0.1) is 5.92 Å². The smallest absolute Gasteiger partial charge is 0.240 e. The molecule has 0 bridgehead atoms. The summed E-state index contributed by atoms with van der Waals surface area (Å²) in [6.07, 6.45) is 6.28. The molecule has 7 nitrogen and oxygen atoms in total. The molecule has 0 aliphatic carbocycles. The Balaban J connectivity index is 1.65. The minimum Gasteiger partial charge on any atom is -0.338 e. The fourth-order valence-corrected chi connectivity index (χ4v) is 3.97. The van der Waals surface area contributed by atoms with Gasteiger partial charge >= 0.3 is 0 Å². The Labute approximate surface area is 150 Å². The zero-order chi connectivity index (χ0) is 17.8. The molecule has 0 saturated carbocycles. The minimum absolute atomic E-state index is 0.405. The van der Waals surface area contributed by atoms with Crippen molar-refractivity contribution in [2.75, 3.05) is 27.2 Å². The van der Waals surface area contributed by atoms with Gasteiger partial charge in [0.25, 0.3) is 0 Å². The van der Waals surface area contributed by atoms with Gasteiger partial charge in [-0.05, 0) is 51.9 Å². The number of aromatic nitrogens is 4. The van der Waals surface area contributed by atoms with E-state index in [2.05, 4.69) is 52.1 Å². The molecule has 2 aromatic heterocycles. The lowest BCUT2D eigenvalue weighted by Gasteiger charge is -2.40. The van der Waals surface area contributed by atoms with Gasteiger partial charge in [0.05, 0.1) is 18.3 Å². The van der Waals surface area contributed by atoms with Gasteiger partial charge in [-0.25, -0.2) is 0 Å². The lowest BCUT2D eigenvalue weighted by atomic mass is 9.87. The van der Waals surface area contributed by atoms with Crippen LogP contribution in [0.2, 0.25) is 0 Å². The first-order chi connectivity index (χ1) is 12.1. The average Bonchev–Trinajstić information content (AvgIpc) is 3.17. The van der Waals surface area contributed by atoms with E-state index in [0.717, 1.165) is 31.8 Å². The van der Waals surface area contributed by atoms with Gasteiger partial charge in [-0.15, -0.1) is 0 Å². The first-order valence-corrected chi connectivity index (χ1v) is 9.26. The Kier molecular flexibility index (Phi) is 5.86. The van der Waals surface area contributed by atoms with Gasteiger partial charge in [-0.1, -0.05) is 12.1 Å². The van der Waals surface area contributed by atoms with Crippen LogP contribution in [0.25, 0.3) is 0 Å². The lowest BCUT2D eigenvalue weighted by Crippen LogP contribution is -2.41. The number of piperidine rings is 1. The molecule has 3 rings (SSSR count). The van der Waals surface area contributed by atoms with Crippen LogP contribution in [-0.2, 0) is 20.0 Å². The van der Waals surface area contributed by atoms with Gasteiger partial charge in [-0.3, -0.25) is 14.5 Å². The van der Waals surface area contributed by atoms with Crippen molar-refractivity contribution in [2.24, 2.45) is 13.0 Å². The van der Waals surface area contributed by atoms with E-state index in [4.69, 9.17) is 4.52 Å². The highest BCUT2D eigenvalue weighted by atomic mass is 16.5. The maximum absolute atomic E-state index is 5.39. The second-order valence-electron chi connectivity index (χ2n) is 7.26. The zero-order valence-electron chi connectivity index (χ0n) is 15.9. The van der Waals surface area contributed by atoms with Gasteiger partial charge in [0.15, 0.2) is 5.82 Å². The van der Waals surface area contributed by atoms with Crippen LogP contribution in [0.15, 0.2) is 16.8 Å². The van der Waals surface area contributed by atoms with Crippen LogP contribution in [0.3, 0.4) is 0 Å². The third-order valence-electron chi connectivity index (χ3n) is 5.10. The fraction of sp³-hybridized carbons (Fsp3) is 0.722. The molecule has 138 valence electrons. The summed E-state index contributed by atoms with van der Waals surface area (Å²) in [5, 5.41) is 8.42. The first kappa shape index (κ1) is 18.1. The van der Waals surface area contributed by atoms with E-state index in [1.807, 2.05) is 17.9 Å². The van der Waals surface area contributed by atoms with E-state index in [1.54, 1.807) is 0 Å². The molecule has 0 N–H and O–H groups in total. The van der Waals surface area contributed by atoms with Gasteiger partial charge in [0.2, 0.25) is 5.89 Å². The van der Waals surface area contributed by atoms with Crippen molar-refractivity contribution >= 4 is 0 Å². The van der Waals surface area contributed by atoms with E-state index >= 15 is 0 Å². The zero-order valence-corrected chi connectivity index (χ0v) is 15.9. The highest BCUT2D eigenvalue weighted by Crippen LogP contribution is 2.35. The SMILES string of the molecule is CCCc1noc(CN(C)C[C@@H]2CCCN(C)[C@H]2c2ccnn2C)n1. The highest BCUT2D eigenvalue weighted by molar-refractivity contribution is 5.10. The number of aryl methyl sites for hydroxylation is 2. The maximum Gasteiger partial charge on any atom is 0.240 e. The molecule has 0 spiro atoms. The summed E-state index contributed by atoms with van der Waals surface area (Å²) < 4.78 is 7.40. The topological polar surface area (TPSA) is 63.2 Å². The van der Waals surface area contributed by atoms with Crippen LogP contribution in [0.5, 0.6) is 0 Å². The number of likely N-dealkylation sites (tertiary alicyclic amines) is 1. The van der Waals surface area contributed by atoms with E-state index in [9.17, 15) is 0 Å². The molecular weight excluding hydrogens is 316 g/mol. The molecule has 0 radical (unpaired) electrons. The Bertz CT molecular complexity index is 666. The molecule has 2 aromatic rings. The summed E-state index contributed by atoms with van der Waals surface area (Å²) in [4.78, 5) is 9.25. The Morgan fingerprint density at radius 2 is 2.20 bits per heavy atom. The lowest BCUT2D eigenvalue weighted by molar-refractivity contribution is 0.0844. The fourth-order valence-electron chi connectivity index (χ4n) is 3.97. The molecule has 0 amide bonds. The van der Waals surface area contributed by atoms with Crippen LogP contribution in [-0.4, -0.2) is 56.9 Å². The minimum atomic E-state index is 0.405. The quantitative estimate of drug-likeness (QED) is 0.766. The molecule has 3 heterocycles. The molecule has 0 unspecified atom stereocenters. The Hall–Kier alpha value is -1.73. The molecule has 1 aliphatic heterocycles. The molecule has 2 atom stereocenters. The van der Waals surface area contributed by atoms with E-state index in [-0.39, 0.29) is 0 Å².